The smallest absolute Gasteiger partial charge is 0.254 e. The van der Waals surface area contributed by atoms with Gasteiger partial charge in [-0.3, -0.25) is 4.79 Å². The molecule has 3 aliphatic rings. The number of aliphatic hydroxyl groups excluding tert-OH is 2. The van der Waals surface area contributed by atoms with Gasteiger partial charge in [-0.05, 0) is 103 Å². The minimum Gasteiger partial charge on any atom is -0.490 e. The molecule has 1 amide bonds. The second-order valence-electron chi connectivity index (χ2n) is 14.8. The average Bonchev–Trinajstić information content (AvgIpc) is 3.23. The molecule has 2 aliphatic carbocycles. The zero-order valence-electron chi connectivity index (χ0n) is 32.5. The van der Waals surface area contributed by atoms with E-state index in [2.05, 4.69) is 30.5 Å². The summed E-state index contributed by atoms with van der Waals surface area (Å²) in [6.45, 7) is 8.48. The number of aliphatic hydroxyl groups is 2. The van der Waals surface area contributed by atoms with Crippen molar-refractivity contribution < 1.29 is 38.4 Å². The van der Waals surface area contributed by atoms with E-state index in [1.54, 1.807) is 53.5 Å². The fourth-order valence-electron chi connectivity index (χ4n) is 8.97. The number of ether oxygens (including phenoxy) is 3. The molecule has 6 rings (SSSR count). The Hall–Kier alpha value is -5.28. The number of allylic oxidation sites excluding steroid dienone is 1. The number of hydrogen-bond donors (Lipinski definition) is 2. The van der Waals surface area contributed by atoms with Crippen LogP contribution in [0.15, 0.2) is 109 Å². The monoisotopic (exact) mass is 777 g/mol. The number of carbonyl (C=O) groups is 1. The van der Waals surface area contributed by atoms with Crippen molar-refractivity contribution in [1.82, 2.24) is 4.90 Å². The summed E-state index contributed by atoms with van der Waals surface area (Å²) in [7, 11) is 1.50. The maximum absolute atomic E-state index is 15.0. The highest BCUT2D eigenvalue weighted by Crippen LogP contribution is 2.62. The lowest BCUT2D eigenvalue weighted by Gasteiger charge is -2.60. The Morgan fingerprint density at radius 1 is 1.02 bits per heavy atom. The number of oxime groups is 1. The van der Waals surface area contributed by atoms with Gasteiger partial charge in [0, 0.05) is 43.2 Å². The van der Waals surface area contributed by atoms with Crippen molar-refractivity contribution in [3.63, 3.8) is 0 Å². The van der Waals surface area contributed by atoms with Gasteiger partial charge in [0.2, 0.25) is 5.79 Å². The summed E-state index contributed by atoms with van der Waals surface area (Å²) in [6.07, 6.45) is 10.3. The van der Waals surface area contributed by atoms with Crippen LogP contribution in [-0.2, 0) is 16.1 Å². The van der Waals surface area contributed by atoms with Crippen LogP contribution in [0.3, 0.4) is 0 Å². The standard InChI is InChI=1S/C46H52FN3O7/c1-4-24-55-36-20-21-41-39(27-36)43-37(11-7-9-23-52)34(10-6-8-22-51)26-38-40(49-54-3)28-42(46(57-41,44(38)43)56-25-5-2)50(30-32-14-18-35(47)19-15-32)45(53)33-16-12-31(29-48)13-17-33/h4-5,12-21,26-27,34,37,42-44,51-52H,1-2,6-11,22-25,28,30H2,3H3. The third kappa shape index (κ3) is 8.84. The van der Waals surface area contributed by atoms with Gasteiger partial charge in [-0.2, -0.15) is 5.26 Å². The lowest BCUT2D eigenvalue weighted by molar-refractivity contribution is -0.255. The summed E-state index contributed by atoms with van der Waals surface area (Å²) < 4.78 is 34.6. The van der Waals surface area contributed by atoms with E-state index in [4.69, 9.17) is 19.0 Å². The second kappa shape index (κ2) is 19.2. The maximum Gasteiger partial charge on any atom is 0.254 e. The van der Waals surface area contributed by atoms with E-state index in [1.165, 1.54) is 19.2 Å². The number of nitrogens with zero attached hydrogens (tertiary/aromatic N) is 3. The van der Waals surface area contributed by atoms with Gasteiger partial charge >= 0.3 is 0 Å². The highest BCUT2D eigenvalue weighted by molar-refractivity contribution is 6.03. The van der Waals surface area contributed by atoms with E-state index in [0.29, 0.717) is 53.3 Å². The summed E-state index contributed by atoms with van der Waals surface area (Å²) in [5.41, 5.74) is 3.96. The summed E-state index contributed by atoms with van der Waals surface area (Å²) in [6, 6.07) is 19.6. The molecule has 1 heterocycles. The Morgan fingerprint density at radius 2 is 1.74 bits per heavy atom. The van der Waals surface area contributed by atoms with Crippen LogP contribution in [0.5, 0.6) is 11.5 Å². The number of carbonyl (C=O) groups excluding carboxylic acids is 1. The van der Waals surface area contributed by atoms with Crippen molar-refractivity contribution in [2.24, 2.45) is 22.9 Å². The first-order valence-electron chi connectivity index (χ1n) is 19.7. The lowest BCUT2D eigenvalue weighted by Crippen LogP contribution is -2.70. The zero-order chi connectivity index (χ0) is 40.4. The van der Waals surface area contributed by atoms with Gasteiger partial charge in [0.25, 0.3) is 5.91 Å². The molecular formula is C46H52FN3O7. The summed E-state index contributed by atoms with van der Waals surface area (Å²) >= 11 is 0. The Balaban J connectivity index is 1.61. The predicted octanol–water partition coefficient (Wildman–Crippen LogP) is 7.87. The quantitative estimate of drug-likeness (QED) is 0.0714. The van der Waals surface area contributed by atoms with Crippen LogP contribution in [0, 0.1) is 34.9 Å². The molecule has 11 heteroatoms. The van der Waals surface area contributed by atoms with Gasteiger partial charge in [0.15, 0.2) is 0 Å². The van der Waals surface area contributed by atoms with Gasteiger partial charge < -0.3 is 34.2 Å². The van der Waals surface area contributed by atoms with E-state index >= 15 is 4.79 Å². The molecular weight excluding hydrogens is 726 g/mol. The number of amides is 1. The molecule has 0 spiro atoms. The van der Waals surface area contributed by atoms with Crippen LogP contribution < -0.4 is 9.47 Å². The van der Waals surface area contributed by atoms with Crippen LogP contribution in [0.4, 0.5) is 4.39 Å². The Labute approximate surface area is 334 Å². The minimum atomic E-state index is -1.48. The fraction of sp³-hybridized carbons (Fsp3) is 0.413. The van der Waals surface area contributed by atoms with Crippen molar-refractivity contribution in [2.75, 3.05) is 33.5 Å². The van der Waals surface area contributed by atoms with Crippen LogP contribution in [0.25, 0.3) is 0 Å². The van der Waals surface area contributed by atoms with Gasteiger partial charge in [-0.15, -0.1) is 6.58 Å². The van der Waals surface area contributed by atoms with Crippen molar-refractivity contribution in [1.29, 1.82) is 5.26 Å². The van der Waals surface area contributed by atoms with Crippen molar-refractivity contribution in [2.45, 2.75) is 69.2 Å². The molecule has 300 valence electrons. The predicted molar refractivity (Wildman–Crippen MR) is 215 cm³/mol. The van der Waals surface area contributed by atoms with Crippen molar-refractivity contribution in [3.8, 4) is 17.6 Å². The summed E-state index contributed by atoms with van der Waals surface area (Å²) in [5.74, 6) is -1.60. The number of unbranched alkanes of at least 4 members (excludes halogenated alkanes) is 2. The molecule has 1 aliphatic heterocycles. The van der Waals surface area contributed by atoms with Crippen LogP contribution in [0.1, 0.15) is 77.9 Å². The average molecular weight is 778 g/mol. The summed E-state index contributed by atoms with van der Waals surface area (Å²) in [5, 5.41) is 33.8. The highest BCUT2D eigenvalue weighted by atomic mass is 19.1. The van der Waals surface area contributed by atoms with E-state index in [-0.39, 0.29) is 56.4 Å². The number of halogens is 1. The first-order valence-corrected chi connectivity index (χ1v) is 19.7. The lowest BCUT2D eigenvalue weighted by atomic mass is 9.55. The SMILES string of the molecule is C=CCOc1ccc2c(c1)C1C(CCCCO)C(CCCCO)C=C3C(=NOC)CC(N(Cc4ccc(F)cc4)C(=O)c4ccc(C#N)cc4)C(OCC=C)(O2)C31. The Bertz CT molecular complexity index is 1970. The molecule has 0 saturated heterocycles. The van der Waals surface area contributed by atoms with Crippen LogP contribution >= 0.6 is 0 Å². The molecule has 0 bridgehead atoms. The van der Waals surface area contributed by atoms with Crippen molar-refractivity contribution >= 4 is 11.6 Å². The van der Waals surface area contributed by atoms with Crippen molar-refractivity contribution in [3.05, 3.63) is 132 Å². The Morgan fingerprint density at radius 3 is 2.40 bits per heavy atom. The minimum absolute atomic E-state index is 0.0373. The number of rotatable bonds is 19. The van der Waals surface area contributed by atoms with E-state index < -0.39 is 23.6 Å². The molecule has 0 aromatic heterocycles. The Kier molecular flexibility index (Phi) is 14.0. The fourth-order valence-corrected chi connectivity index (χ4v) is 8.97. The second-order valence-corrected chi connectivity index (χ2v) is 14.8. The topological polar surface area (TPSA) is 134 Å². The summed E-state index contributed by atoms with van der Waals surface area (Å²) in [4.78, 5) is 22.3. The molecule has 2 N–H and O–H groups in total. The zero-order valence-corrected chi connectivity index (χ0v) is 32.5. The van der Waals surface area contributed by atoms with Gasteiger partial charge in [0.1, 0.15) is 37.1 Å². The largest absolute Gasteiger partial charge is 0.490 e. The highest BCUT2D eigenvalue weighted by Gasteiger charge is 2.65. The molecule has 57 heavy (non-hydrogen) atoms. The van der Waals surface area contributed by atoms with Crippen LogP contribution in [-0.4, -0.2) is 72.1 Å². The molecule has 6 atom stereocenters. The third-order valence-corrected chi connectivity index (χ3v) is 11.4. The molecule has 1 saturated carbocycles. The van der Waals surface area contributed by atoms with E-state index in [9.17, 15) is 19.9 Å². The third-order valence-electron chi connectivity index (χ3n) is 11.4. The molecule has 3 aromatic carbocycles. The number of benzene rings is 3. The van der Waals surface area contributed by atoms with Gasteiger partial charge in [0.05, 0.1) is 29.9 Å². The molecule has 6 unspecified atom stereocenters. The van der Waals surface area contributed by atoms with Gasteiger partial charge in [-0.1, -0.05) is 54.9 Å². The number of fused-ring (bicyclic) bond motifs is 2. The van der Waals surface area contributed by atoms with E-state index in [0.717, 1.165) is 36.8 Å². The van der Waals surface area contributed by atoms with E-state index in [1.807, 2.05) is 18.2 Å². The molecule has 0 radical (unpaired) electrons. The molecule has 10 nitrogen and oxygen atoms in total. The number of nitriles is 1. The first kappa shape index (κ1) is 41.4. The van der Waals surface area contributed by atoms with Crippen LogP contribution in [0.2, 0.25) is 0 Å². The first-order chi connectivity index (χ1) is 27.8. The number of hydrogen-bond acceptors (Lipinski definition) is 9. The normalized spacial score (nSPS) is 23.9. The maximum atomic E-state index is 15.0. The molecule has 3 aromatic rings. The molecule has 1 fully saturated rings. The van der Waals surface area contributed by atoms with Gasteiger partial charge in [-0.25, -0.2) is 4.39 Å².